The summed E-state index contributed by atoms with van der Waals surface area (Å²) in [7, 11) is 1.85. The van der Waals surface area contributed by atoms with E-state index in [1.807, 2.05) is 27.8 Å². The van der Waals surface area contributed by atoms with Crippen LogP contribution in [0.25, 0.3) is 0 Å². The van der Waals surface area contributed by atoms with Gasteiger partial charge >= 0.3 is 6.09 Å². The summed E-state index contributed by atoms with van der Waals surface area (Å²) >= 11 is 0. The number of amides is 1. The summed E-state index contributed by atoms with van der Waals surface area (Å²) in [6.45, 7) is 6.87. The van der Waals surface area contributed by atoms with E-state index in [2.05, 4.69) is 5.32 Å². The molecule has 1 aliphatic rings. The summed E-state index contributed by atoms with van der Waals surface area (Å²) in [5.41, 5.74) is -0.586. The maximum atomic E-state index is 11.7. The van der Waals surface area contributed by atoms with E-state index in [9.17, 15) is 4.79 Å². The second-order valence-corrected chi connectivity index (χ2v) is 5.34. The lowest BCUT2D eigenvalue weighted by atomic mass is 9.87. The van der Waals surface area contributed by atoms with Crippen LogP contribution >= 0.6 is 0 Å². The van der Waals surface area contributed by atoms with Gasteiger partial charge in [0.25, 0.3) is 0 Å². The standard InChI is InChI=1S/C11H22N2O3/c1-10(2,3)16-9(15)13-7-11(8-13,12-4)5-6-14/h12,14H,5-8H2,1-4H3. The van der Waals surface area contributed by atoms with Gasteiger partial charge < -0.3 is 20.1 Å². The lowest BCUT2D eigenvalue weighted by Crippen LogP contribution is -2.70. The lowest BCUT2D eigenvalue weighted by molar-refractivity contribution is -0.0203. The Balaban J connectivity index is 2.42. The molecule has 0 spiro atoms. The number of aliphatic hydroxyl groups is 1. The SMILES string of the molecule is CNC1(CCO)CN(C(=O)OC(C)(C)C)C1. The molecule has 1 saturated heterocycles. The summed E-state index contributed by atoms with van der Waals surface area (Å²) in [4.78, 5) is 13.3. The Hall–Kier alpha value is -0.810. The molecule has 5 nitrogen and oxygen atoms in total. The lowest BCUT2D eigenvalue weighted by Gasteiger charge is -2.49. The molecule has 0 atom stereocenters. The predicted octanol–water partition coefficient (Wildman–Crippen LogP) is 0.578. The molecule has 94 valence electrons. The smallest absolute Gasteiger partial charge is 0.410 e. The molecule has 1 fully saturated rings. The largest absolute Gasteiger partial charge is 0.444 e. The molecule has 16 heavy (non-hydrogen) atoms. The number of hydrogen-bond acceptors (Lipinski definition) is 4. The number of likely N-dealkylation sites (N-methyl/N-ethyl adjacent to an activating group) is 1. The van der Waals surface area contributed by atoms with Crippen molar-refractivity contribution in [2.75, 3.05) is 26.7 Å². The average molecular weight is 230 g/mol. The summed E-state index contributed by atoms with van der Waals surface area (Å²) < 4.78 is 5.25. The van der Waals surface area contributed by atoms with Gasteiger partial charge in [-0.3, -0.25) is 0 Å². The Labute approximate surface area is 96.8 Å². The number of nitrogens with one attached hydrogen (secondary N) is 1. The van der Waals surface area contributed by atoms with Gasteiger partial charge in [-0.2, -0.15) is 0 Å². The van der Waals surface area contributed by atoms with Gasteiger partial charge in [0.2, 0.25) is 0 Å². The predicted molar refractivity (Wildman–Crippen MR) is 61.3 cm³/mol. The van der Waals surface area contributed by atoms with Crippen LogP contribution in [0.4, 0.5) is 4.79 Å². The van der Waals surface area contributed by atoms with Crippen LogP contribution in [0.15, 0.2) is 0 Å². The zero-order valence-electron chi connectivity index (χ0n) is 10.5. The first-order valence-electron chi connectivity index (χ1n) is 5.60. The van der Waals surface area contributed by atoms with Crippen LogP contribution in [-0.4, -0.2) is 54.0 Å². The highest BCUT2D eigenvalue weighted by Crippen LogP contribution is 2.25. The van der Waals surface area contributed by atoms with E-state index in [0.29, 0.717) is 19.5 Å². The van der Waals surface area contributed by atoms with Gasteiger partial charge in [-0.15, -0.1) is 0 Å². The van der Waals surface area contributed by atoms with Gasteiger partial charge in [0.1, 0.15) is 5.60 Å². The van der Waals surface area contributed by atoms with Crippen LogP contribution in [0.1, 0.15) is 27.2 Å². The van der Waals surface area contributed by atoms with E-state index >= 15 is 0 Å². The second-order valence-electron chi connectivity index (χ2n) is 5.34. The number of nitrogens with zero attached hydrogens (tertiary/aromatic N) is 1. The van der Waals surface area contributed by atoms with Gasteiger partial charge in [0.05, 0.1) is 5.54 Å². The average Bonchev–Trinajstić information content (AvgIpc) is 2.07. The Morgan fingerprint density at radius 1 is 1.50 bits per heavy atom. The number of likely N-dealkylation sites (tertiary alicyclic amines) is 1. The third-order valence-corrected chi connectivity index (χ3v) is 2.76. The number of carbonyl (C=O) groups is 1. The molecule has 0 aromatic carbocycles. The molecule has 2 N–H and O–H groups in total. The first-order valence-corrected chi connectivity index (χ1v) is 5.60. The maximum absolute atomic E-state index is 11.7. The molecule has 1 rings (SSSR count). The van der Waals surface area contributed by atoms with Crippen LogP contribution in [0.3, 0.4) is 0 Å². The summed E-state index contributed by atoms with van der Waals surface area (Å²) in [5, 5.41) is 12.1. The first-order chi connectivity index (χ1) is 7.32. The Bertz CT molecular complexity index is 254. The molecule has 0 aromatic heterocycles. The third kappa shape index (κ3) is 3.09. The summed E-state index contributed by atoms with van der Waals surface area (Å²) in [6.07, 6.45) is 0.374. The van der Waals surface area contributed by atoms with E-state index in [-0.39, 0.29) is 18.2 Å². The number of aliphatic hydroxyl groups excluding tert-OH is 1. The molecule has 5 heteroatoms. The summed E-state index contributed by atoms with van der Waals surface area (Å²) in [5.74, 6) is 0. The molecule has 0 aromatic rings. The Morgan fingerprint density at radius 3 is 2.44 bits per heavy atom. The second kappa shape index (κ2) is 4.59. The van der Waals surface area contributed by atoms with Gasteiger partial charge in [0.15, 0.2) is 0 Å². The first kappa shape index (κ1) is 13.3. The van der Waals surface area contributed by atoms with Crippen molar-refractivity contribution in [2.45, 2.75) is 38.3 Å². The van der Waals surface area contributed by atoms with Crippen molar-refractivity contribution < 1.29 is 14.6 Å². The van der Waals surface area contributed by atoms with Crippen molar-refractivity contribution in [1.82, 2.24) is 10.2 Å². The summed E-state index contributed by atoms with van der Waals surface area (Å²) in [6, 6.07) is 0. The number of ether oxygens (including phenoxy) is 1. The highest BCUT2D eigenvalue weighted by atomic mass is 16.6. The van der Waals surface area contributed by atoms with Gasteiger partial charge in [-0.05, 0) is 34.2 Å². The highest BCUT2D eigenvalue weighted by molar-refractivity contribution is 5.69. The fourth-order valence-electron chi connectivity index (χ4n) is 1.80. The molecular weight excluding hydrogens is 208 g/mol. The molecule has 0 saturated carbocycles. The fraction of sp³-hybridized carbons (Fsp3) is 0.909. The van der Waals surface area contributed by atoms with Crippen molar-refractivity contribution in [3.63, 3.8) is 0 Å². The maximum Gasteiger partial charge on any atom is 0.410 e. The van der Waals surface area contributed by atoms with Crippen LogP contribution in [0, 0.1) is 0 Å². The van der Waals surface area contributed by atoms with Crippen LogP contribution < -0.4 is 5.32 Å². The molecule has 0 aliphatic carbocycles. The minimum atomic E-state index is -0.452. The van der Waals surface area contributed by atoms with Crippen molar-refractivity contribution >= 4 is 6.09 Å². The molecule has 1 amide bonds. The van der Waals surface area contributed by atoms with Crippen LogP contribution in [0.2, 0.25) is 0 Å². The molecule has 0 unspecified atom stereocenters. The number of rotatable bonds is 3. The minimum absolute atomic E-state index is 0.128. The van der Waals surface area contributed by atoms with Crippen molar-refractivity contribution in [3.05, 3.63) is 0 Å². The van der Waals surface area contributed by atoms with Crippen LogP contribution in [0.5, 0.6) is 0 Å². The monoisotopic (exact) mass is 230 g/mol. The highest BCUT2D eigenvalue weighted by Gasteiger charge is 2.44. The van der Waals surface area contributed by atoms with E-state index in [1.54, 1.807) is 4.90 Å². The molecule has 1 heterocycles. The van der Waals surface area contributed by atoms with Gasteiger partial charge in [0, 0.05) is 19.7 Å². The Morgan fingerprint density at radius 2 is 2.06 bits per heavy atom. The van der Waals surface area contributed by atoms with Crippen molar-refractivity contribution in [3.8, 4) is 0 Å². The van der Waals surface area contributed by atoms with Crippen molar-refractivity contribution in [2.24, 2.45) is 0 Å². The van der Waals surface area contributed by atoms with Gasteiger partial charge in [-0.25, -0.2) is 4.79 Å². The molecule has 1 aliphatic heterocycles. The quantitative estimate of drug-likeness (QED) is 0.744. The van der Waals surface area contributed by atoms with E-state index in [1.165, 1.54) is 0 Å². The third-order valence-electron chi connectivity index (χ3n) is 2.76. The molecule has 0 radical (unpaired) electrons. The van der Waals surface area contributed by atoms with Gasteiger partial charge in [-0.1, -0.05) is 0 Å². The van der Waals surface area contributed by atoms with E-state index in [0.717, 1.165) is 0 Å². The minimum Gasteiger partial charge on any atom is -0.444 e. The van der Waals surface area contributed by atoms with Crippen molar-refractivity contribution in [1.29, 1.82) is 0 Å². The van der Waals surface area contributed by atoms with E-state index in [4.69, 9.17) is 9.84 Å². The normalized spacial score (nSPS) is 19.2. The number of carbonyl (C=O) groups excluding carboxylic acids is 1. The Kier molecular flexibility index (Phi) is 3.80. The number of hydrogen-bond donors (Lipinski definition) is 2. The van der Waals surface area contributed by atoms with E-state index < -0.39 is 5.60 Å². The fourth-order valence-corrected chi connectivity index (χ4v) is 1.80. The topological polar surface area (TPSA) is 61.8 Å². The van der Waals surface area contributed by atoms with Crippen LogP contribution in [-0.2, 0) is 4.74 Å². The molecular formula is C11H22N2O3. The zero-order chi connectivity index (χ0) is 12.4. The zero-order valence-corrected chi connectivity index (χ0v) is 10.5. The molecule has 0 bridgehead atoms.